The molecule has 1 aliphatic heterocycles. The number of benzene rings is 1. The van der Waals surface area contributed by atoms with Crippen LogP contribution in [0.3, 0.4) is 0 Å². The average Bonchev–Trinajstić information content (AvgIpc) is 3.04. The highest BCUT2D eigenvalue weighted by Crippen LogP contribution is 2.32. The van der Waals surface area contributed by atoms with Gasteiger partial charge in [0.1, 0.15) is 15.2 Å². The Hall–Kier alpha value is -1.88. The van der Waals surface area contributed by atoms with Crippen molar-refractivity contribution in [2.75, 3.05) is 5.73 Å². The van der Waals surface area contributed by atoms with Crippen LogP contribution >= 0.6 is 11.3 Å². The van der Waals surface area contributed by atoms with Gasteiger partial charge in [-0.15, -0.1) is 11.3 Å². The minimum Gasteiger partial charge on any atom is -0.399 e. The van der Waals surface area contributed by atoms with Crippen LogP contribution in [0.5, 0.6) is 0 Å². The fourth-order valence-corrected chi connectivity index (χ4v) is 4.85. The SMILES string of the molecule is N#Cc1ccc(S(=O)(=O)N2Cc3ccc(N)cc3C2)s1. The van der Waals surface area contributed by atoms with Crippen molar-refractivity contribution >= 4 is 27.0 Å². The molecule has 20 heavy (non-hydrogen) atoms. The number of sulfonamides is 1. The molecule has 0 unspecified atom stereocenters. The van der Waals surface area contributed by atoms with Crippen LogP contribution in [-0.2, 0) is 23.1 Å². The van der Waals surface area contributed by atoms with Gasteiger partial charge in [0.25, 0.3) is 10.0 Å². The van der Waals surface area contributed by atoms with Gasteiger partial charge < -0.3 is 5.73 Å². The summed E-state index contributed by atoms with van der Waals surface area (Å²) in [7, 11) is -3.55. The summed E-state index contributed by atoms with van der Waals surface area (Å²) in [6, 6.07) is 10.4. The predicted octanol–water partition coefficient (Wildman–Crippen LogP) is 1.91. The number of nitrogen functional groups attached to an aromatic ring is 1. The van der Waals surface area contributed by atoms with E-state index in [-0.39, 0.29) is 4.21 Å². The molecule has 0 spiro atoms. The second-order valence-electron chi connectivity index (χ2n) is 4.53. The van der Waals surface area contributed by atoms with Crippen LogP contribution in [0, 0.1) is 11.3 Å². The molecule has 5 nitrogen and oxygen atoms in total. The zero-order valence-electron chi connectivity index (χ0n) is 10.4. The molecule has 0 bridgehead atoms. The van der Waals surface area contributed by atoms with Crippen LogP contribution < -0.4 is 5.73 Å². The second kappa shape index (κ2) is 4.59. The van der Waals surface area contributed by atoms with Crippen LogP contribution in [0.15, 0.2) is 34.5 Å². The molecule has 0 saturated carbocycles. The summed E-state index contributed by atoms with van der Waals surface area (Å²) in [5, 5.41) is 8.79. The number of fused-ring (bicyclic) bond motifs is 1. The topological polar surface area (TPSA) is 87.2 Å². The lowest BCUT2D eigenvalue weighted by Gasteiger charge is -2.13. The van der Waals surface area contributed by atoms with Gasteiger partial charge in [0.05, 0.1) is 0 Å². The number of nitriles is 1. The molecule has 0 atom stereocenters. The molecule has 0 fully saturated rings. The van der Waals surface area contributed by atoms with Crippen LogP contribution in [0.1, 0.15) is 16.0 Å². The molecule has 2 N–H and O–H groups in total. The largest absolute Gasteiger partial charge is 0.399 e. The molecule has 0 amide bonds. The van der Waals surface area contributed by atoms with Crippen molar-refractivity contribution in [3.63, 3.8) is 0 Å². The first-order valence-electron chi connectivity index (χ1n) is 5.88. The lowest BCUT2D eigenvalue weighted by Crippen LogP contribution is -2.24. The van der Waals surface area contributed by atoms with E-state index in [2.05, 4.69) is 0 Å². The quantitative estimate of drug-likeness (QED) is 0.858. The van der Waals surface area contributed by atoms with Gasteiger partial charge in [0, 0.05) is 18.8 Å². The molecule has 3 rings (SSSR count). The fraction of sp³-hybridized carbons (Fsp3) is 0.154. The van der Waals surface area contributed by atoms with Crippen molar-refractivity contribution in [2.45, 2.75) is 17.3 Å². The zero-order valence-corrected chi connectivity index (χ0v) is 12.0. The lowest BCUT2D eigenvalue weighted by atomic mass is 10.1. The number of hydrogen-bond acceptors (Lipinski definition) is 5. The molecule has 102 valence electrons. The van der Waals surface area contributed by atoms with Crippen molar-refractivity contribution in [3.8, 4) is 6.07 Å². The zero-order chi connectivity index (χ0) is 14.3. The summed E-state index contributed by atoms with van der Waals surface area (Å²) in [4.78, 5) is 0.393. The maximum atomic E-state index is 12.5. The molecular formula is C13H11N3O2S2. The standard InChI is InChI=1S/C13H11N3O2S2/c14-6-12-3-4-13(19-12)20(17,18)16-7-9-1-2-11(15)5-10(9)8-16/h1-5H,7-8,15H2. The highest BCUT2D eigenvalue weighted by molar-refractivity contribution is 7.91. The van der Waals surface area contributed by atoms with Crippen LogP contribution in [0.25, 0.3) is 0 Å². The third kappa shape index (κ3) is 2.08. The lowest BCUT2D eigenvalue weighted by molar-refractivity contribution is 0.433. The average molecular weight is 305 g/mol. The van der Waals surface area contributed by atoms with E-state index in [1.165, 1.54) is 16.4 Å². The molecular weight excluding hydrogens is 294 g/mol. The first-order valence-corrected chi connectivity index (χ1v) is 8.14. The smallest absolute Gasteiger partial charge is 0.253 e. The van der Waals surface area contributed by atoms with Gasteiger partial charge in [-0.2, -0.15) is 9.57 Å². The summed E-state index contributed by atoms with van der Waals surface area (Å²) in [5.74, 6) is 0. The second-order valence-corrected chi connectivity index (χ2v) is 7.78. The Balaban J connectivity index is 1.93. The van der Waals surface area contributed by atoms with Gasteiger partial charge in [0.15, 0.2) is 0 Å². The number of nitrogens with zero attached hydrogens (tertiary/aromatic N) is 2. The van der Waals surface area contributed by atoms with Gasteiger partial charge in [-0.1, -0.05) is 6.07 Å². The van der Waals surface area contributed by atoms with Crippen LogP contribution in [-0.4, -0.2) is 12.7 Å². The first-order chi connectivity index (χ1) is 9.50. The minimum atomic E-state index is -3.55. The van der Waals surface area contributed by atoms with Crippen molar-refractivity contribution in [2.24, 2.45) is 0 Å². The molecule has 0 radical (unpaired) electrons. The van der Waals surface area contributed by atoms with E-state index in [1.54, 1.807) is 12.1 Å². The first kappa shape index (κ1) is 13.1. The van der Waals surface area contributed by atoms with Crippen molar-refractivity contribution < 1.29 is 8.42 Å². The minimum absolute atomic E-state index is 0.204. The van der Waals surface area contributed by atoms with Gasteiger partial charge in [-0.3, -0.25) is 0 Å². The fourth-order valence-electron chi connectivity index (χ4n) is 2.20. The molecule has 0 aliphatic carbocycles. The van der Waals surface area contributed by atoms with Crippen molar-refractivity contribution in [1.29, 1.82) is 5.26 Å². The number of anilines is 1. The van der Waals surface area contributed by atoms with Gasteiger partial charge >= 0.3 is 0 Å². The molecule has 2 heterocycles. The molecule has 2 aromatic rings. The van der Waals surface area contributed by atoms with E-state index in [4.69, 9.17) is 11.0 Å². The highest BCUT2D eigenvalue weighted by Gasteiger charge is 2.31. The van der Waals surface area contributed by atoms with E-state index in [0.29, 0.717) is 23.7 Å². The van der Waals surface area contributed by atoms with E-state index in [9.17, 15) is 8.42 Å². The third-order valence-electron chi connectivity index (χ3n) is 3.21. The summed E-state index contributed by atoms with van der Waals surface area (Å²) in [6.07, 6.45) is 0. The van der Waals surface area contributed by atoms with E-state index >= 15 is 0 Å². The Morgan fingerprint density at radius 3 is 2.65 bits per heavy atom. The third-order valence-corrected chi connectivity index (χ3v) is 6.46. The van der Waals surface area contributed by atoms with E-state index in [0.717, 1.165) is 22.5 Å². The molecule has 1 aliphatic rings. The normalized spacial score (nSPS) is 14.9. The summed E-state index contributed by atoms with van der Waals surface area (Å²) in [5.41, 5.74) is 8.25. The maximum absolute atomic E-state index is 12.5. The summed E-state index contributed by atoms with van der Waals surface area (Å²) >= 11 is 0.993. The summed E-state index contributed by atoms with van der Waals surface area (Å²) < 4.78 is 26.6. The van der Waals surface area contributed by atoms with Crippen molar-refractivity contribution in [3.05, 3.63) is 46.3 Å². The number of thiophene rings is 1. The summed E-state index contributed by atoms with van der Waals surface area (Å²) in [6.45, 7) is 0.667. The Labute approximate surface area is 120 Å². The Morgan fingerprint density at radius 2 is 1.95 bits per heavy atom. The Morgan fingerprint density at radius 1 is 1.20 bits per heavy atom. The van der Waals surface area contributed by atoms with Gasteiger partial charge in [-0.05, 0) is 35.4 Å². The Kier molecular flexibility index (Phi) is 3.01. The number of hydrogen-bond donors (Lipinski definition) is 1. The highest BCUT2D eigenvalue weighted by atomic mass is 32.2. The maximum Gasteiger partial charge on any atom is 0.253 e. The van der Waals surface area contributed by atoms with Crippen molar-refractivity contribution in [1.82, 2.24) is 4.31 Å². The van der Waals surface area contributed by atoms with Crippen LogP contribution in [0.4, 0.5) is 5.69 Å². The van der Waals surface area contributed by atoms with E-state index in [1.807, 2.05) is 12.1 Å². The van der Waals surface area contributed by atoms with Gasteiger partial charge in [0.2, 0.25) is 0 Å². The predicted molar refractivity (Wildman–Crippen MR) is 76.3 cm³/mol. The van der Waals surface area contributed by atoms with Gasteiger partial charge in [-0.25, -0.2) is 8.42 Å². The van der Waals surface area contributed by atoms with E-state index < -0.39 is 10.0 Å². The molecule has 1 aromatic heterocycles. The Bertz CT molecular complexity index is 818. The van der Waals surface area contributed by atoms with Crippen LogP contribution in [0.2, 0.25) is 0 Å². The number of rotatable bonds is 2. The monoisotopic (exact) mass is 305 g/mol. The molecule has 7 heteroatoms. The molecule has 0 saturated heterocycles. The molecule has 1 aromatic carbocycles. The number of nitrogens with two attached hydrogens (primary N) is 1.